The van der Waals surface area contributed by atoms with Crippen LogP contribution in [-0.2, 0) is 9.84 Å². The zero-order chi connectivity index (χ0) is 11.3. The first-order valence-corrected chi connectivity index (χ1v) is 7.28. The van der Waals surface area contributed by atoms with E-state index >= 15 is 0 Å². The van der Waals surface area contributed by atoms with Crippen molar-refractivity contribution in [2.75, 3.05) is 18.1 Å². The monoisotopic (exact) mass is 233 g/mol. The van der Waals surface area contributed by atoms with Crippen LogP contribution in [0.2, 0.25) is 0 Å². The van der Waals surface area contributed by atoms with Crippen LogP contribution < -0.4 is 5.73 Å². The molecular formula is C10H19NO3S. The molecule has 0 amide bonds. The maximum Gasteiger partial charge on any atom is 0.151 e. The van der Waals surface area contributed by atoms with Crippen LogP contribution in [0, 0.1) is 11.3 Å². The van der Waals surface area contributed by atoms with Crippen molar-refractivity contribution >= 4 is 9.84 Å². The fourth-order valence-corrected chi connectivity index (χ4v) is 5.38. The van der Waals surface area contributed by atoms with Gasteiger partial charge in [-0.2, -0.15) is 0 Å². The summed E-state index contributed by atoms with van der Waals surface area (Å²) in [5, 5.41) is 10.4. The number of aliphatic hydroxyl groups is 1. The van der Waals surface area contributed by atoms with Crippen LogP contribution in [0.25, 0.3) is 0 Å². The summed E-state index contributed by atoms with van der Waals surface area (Å²) in [5.41, 5.74) is 4.31. The minimum atomic E-state index is -2.98. The van der Waals surface area contributed by atoms with E-state index in [4.69, 9.17) is 5.73 Å². The van der Waals surface area contributed by atoms with Gasteiger partial charge in [-0.3, -0.25) is 0 Å². The highest BCUT2D eigenvalue weighted by molar-refractivity contribution is 7.91. The summed E-state index contributed by atoms with van der Waals surface area (Å²) in [7, 11) is -2.98. The molecule has 0 aromatic rings. The lowest BCUT2D eigenvalue weighted by Crippen LogP contribution is -2.60. The molecule has 88 valence electrons. The Hall–Kier alpha value is -0.130. The van der Waals surface area contributed by atoms with Crippen molar-refractivity contribution in [2.24, 2.45) is 17.1 Å². The predicted octanol–water partition coefficient (Wildman–Crippen LogP) is -0.0890. The van der Waals surface area contributed by atoms with E-state index < -0.39 is 20.9 Å². The molecule has 15 heavy (non-hydrogen) atoms. The van der Waals surface area contributed by atoms with Gasteiger partial charge in [-0.15, -0.1) is 0 Å². The molecule has 2 aliphatic rings. The van der Waals surface area contributed by atoms with E-state index in [9.17, 15) is 13.5 Å². The van der Waals surface area contributed by atoms with Crippen molar-refractivity contribution in [2.45, 2.75) is 31.8 Å². The second-order valence-corrected chi connectivity index (χ2v) is 7.56. The molecular weight excluding hydrogens is 214 g/mol. The van der Waals surface area contributed by atoms with Crippen LogP contribution in [0.1, 0.15) is 26.2 Å². The highest BCUT2D eigenvalue weighted by Gasteiger charge is 2.59. The first kappa shape index (κ1) is 11.4. The first-order chi connectivity index (χ1) is 6.83. The van der Waals surface area contributed by atoms with Crippen molar-refractivity contribution in [1.82, 2.24) is 0 Å². The van der Waals surface area contributed by atoms with Crippen LogP contribution >= 0.6 is 0 Å². The normalized spacial score (nSPS) is 48.9. The summed E-state index contributed by atoms with van der Waals surface area (Å²) in [5.74, 6) is 0.738. The lowest BCUT2D eigenvalue weighted by molar-refractivity contribution is -0.150. The van der Waals surface area contributed by atoms with Crippen LogP contribution in [0.15, 0.2) is 0 Å². The maximum atomic E-state index is 11.5. The number of sulfone groups is 1. The Morgan fingerprint density at radius 2 is 2.07 bits per heavy atom. The summed E-state index contributed by atoms with van der Waals surface area (Å²) in [6.45, 7) is 2.34. The highest BCUT2D eigenvalue weighted by Crippen LogP contribution is 2.53. The minimum Gasteiger partial charge on any atom is -0.389 e. The van der Waals surface area contributed by atoms with E-state index in [1.165, 1.54) is 0 Å². The molecule has 3 N–H and O–H groups in total. The van der Waals surface area contributed by atoms with Gasteiger partial charge in [0.25, 0.3) is 0 Å². The first-order valence-electron chi connectivity index (χ1n) is 5.45. The summed E-state index contributed by atoms with van der Waals surface area (Å²) in [6.07, 6.45) is 1.91. The van der Waals surface area contributed by atoms with E-state index in [0.717, 1.165) is 0 Å². The summed E-state index contributed by atoms with van der Waals surface area (Å²) in [4.78, 5) is 0. The smallest absolute Gasteiger partial charge is 0.151 e. The molecule has 1 atom stereocenters. The lowest BCUT2D eigenvalue weighted by Gasteiger charge is -2.53. The highest BCUT2D eigenvalue weighted by atomic mass is 32.2. The van der Waals surface area contributed by atoms with Crippen molar-refractivity contribution in [3.8, 4) is 0 Å². The van der Waals surface area contributed by atoms with Gasteiger partial charge in [0.15, 0.2) is 9.84 Å². The Morgan fingerprint density at radius 1 is 1.47 bits per heavy atom. The third kappa shape index (κ3) is 1.61. The van der Waals surface area contributed by atoms with Crippen molar-refractivity contribution in [3.05, 3.63) is 0 Å². The minimum absolute atomic E-state index is 0.0692. The molecule has 4 nitrogen and oxygen atoms in total. The van der Waals surface area contributed by atoms with Gasteiger partial charge >= 0.3 is 0 Å². The molecule has 2 fully saturated rings. The van der Waals surface area contributed by atoms with Crippen molar-refractivity contribution < 1.29 is 13.5 Å². The standard InChI is InChI=1S/C10H19NO3S/c1-8-4-10(12,5-8)9(6-11)2-3-15(13,14)7-9/h8,12H,2-7,11H2,1H3. The number of hydrogen-bond acceptors (Lipinski definition) is 4. The van der Waals surface area contributed by atoms with Crippen LogP contribution in [0.4, 0.5) is 0 Å². The van der Waals surface area contributed by atoms with E-state index in [-0.39, 0.29) is 18.1 Å². The van der Waals surface area contributed by atoms with Gasteiger partial charge in [0.1, 0.15) is 0 Å². The number of nitrogens with two attached hydrogens (primary N) is 1. The Balaban J connectivity index is 2.25. The molecule has 0 radical (unpaired) electrons. The zero-order valence-electron chi connectivity index (χ0n) is 9.07. The Kier molecular flexibility index (Phi) is 2.41. The third-order valence-corrected chi connectivity index (χ3v) is 5.96. The predicted molar refractivity (Wildman–Crippen MR) is 58.1 cm³/mol. The maximum absolute atomic E-state index is 11.5. The van der Waals surface area contributed by atoms with Gasteiger partial charge in [0, 0.05) is 12.0 Å². The third-order valence-electron chi connectivity index (χ3n) is 4.14. The molecule has 0 aromatic heterocycles. The molecule has 1 heterocycles. The molecule has 1 unspecified atom stereocenters. The largest absolute Gasteiger partial charge is 0.389 e. The summed E-state index contributed by atoms with van der Waals surface area (Å²) >= 11 is 0. The number of rotatable bonds is 2. The molecule has 1 saturated carbocycles. The quantitative estimate of drug-likeness (QED) is 0.698. The van der Waals surface area contributed by atoms with E-state index in [1.54, 1.807) is 0 Å². The topological polar surface area (TPSA) is 80.4 Å². The molecule has 1 aliphatic carbocycles. The molecule has 0 aromatic carbocycles. The van der Waals surface area contributed by atoms with Gasteiger partial charge < -0.3 is 10.8 Å². The van der Waals surface area contributed by atoms with Crippen LogP contribution in [0.5, 0.6) is 0 Å². The van der Waals surface area contributed by atoms with Gasteiger partial charge in [0.2, 0.25) is 0 Å². The molecule has 1 aliphatic heterocycles. The SMILES string of the molecule is CC1CC(O)(C2(CN)CCS(=O)(=O)C2)C1. The van der Waals surface area contributed by atoms with Crippen molar-refractivity contribution in [1.29, 1.82) is 0 Å². The average Bonchev–Trinajstić information content (AvgIpc) is 2.41. The fourth-order valence-electron chi connectivity index (χ4n) is 3.16. The Morgan fingerprint density at radius 3 is 2.40 bits per heavy atom. The zero-order valence-corrected chi connectivity index (χ0v) is 9.89. The van der Waals surface area contributed by atoms with Crippen LogP contribution in [0.3, 0.4) is 0 Å². The van der Waals surface area contributed by atoms with Gasteiger partial charge in [-0.25, -0.2) is 8.42 Å². The average molecular weight is 233 g/mol. The second-order valence-electron chi connectivity index (χ2n) is 5.37. The summed E-state index contributed by atoms with van der Waals surface area (Å²) < 4.78 is 23.0. The second kappa shape index (κ2) is 3.18. The van der Waals surface area contributed by atoms with E-state index in [2.05, 4.69) is 6.92 Å². The summed E-state index contributed by atoms with van der Waals surface area (Å²) in [6, 6.07) is 0. The lowest BCUT2D eigenvalue weighted by atomic mass is 9.57. The van der Waals surface area contributed by atoms with Crippen molar-refractivity contribution in [3.63, 3.8) is 0 Å². The van der Waals surface area contributed by atoms with E-state index in [1.807, 2.05) is 0 Å². The van der Waals surface area contributed by atoms with Crippen LogP contribution in [-0.4, -0.2) is 37.2 Å². The Bertz CT molecular complexity index is 359. The molecule has 0 spiro atoms. The molecule has 0 bridgehead atoms. The van der Waals surface area contributed by atoms with E-state index in [0.29, 0.717) is 25.2 Å². The van der Waals surface area contributed by atoms with Gasteiger partial charge in [-0.1, -0.05) is 6.92 Å². The number of hydrogen-bond donors (Lipinski definition) is 2. The Labute approximate surface area is 90.8 Å². The van der Waals surface area contributed by atoms with Gasteiger partial charge in [0.05, 0.1) is 17.1 Å². The molecule has 2 rings (SSSR count). The molecule has 1 saturated heterocycles. The molecule has 5 heteroatoms. The van der Waals surface area contributed by atoms with Gasteiger partial charge in [-0.05, 0) is 25.2 Å². The fraction of sp³-hybridized carbons (Fsp3) is 1.00.